The number of hydrogen-bond acceptors (Lipinski definition) is 2. The van der Waals surface area contributed by atoms with Crippen LogP contribution in [0, 0.1) is 11.7 Å². The van der Waals surface area contributed by atoms with E-state index in [0.717, 1.165) is 12.1 Å². The summed E-state index contributed by atoms with van der Waals surface area (Å²) < 4.78 is 13.7. The first-order valence-corrected chi connectivity index (χ1v) is 6.59. The zero-order valence-electron chi connectivity index (χ0n) is 12.1. The van der Waals surface area contributed by atoms with Crippen LogP contribution >= 0.6 is 0 Å². The van der Waals surface area contributed by atoms with Crippen molar-refractivity contribution >= 4 is 0 Å². The fourth-order valence-corrected chi connectivity index (χ4v) is 2.16. The minimum atomic E-state index is -0.123. The van der Waals surface area contributed by atoms with Gasteiger partial charge >= 0.3 is 0 Å². The first-order chi connectivity index (χ1) is 8.47. The van der Waals surface area contributed by atoms with Gasteiger partial charge in [-0.2, -0.15) is 0 Å². The summed E-state index contributed by atoms with van der Waals surface area (Å²) >= 11 is 0. The molecule has 2 atom stereocenters. The Morgan fingerprint density at radius 1 is 1.22 bits per heavy atom. The Hall–Kier alpha value is -0.930. The average Bonchev–Trinajstić information content (AvgIpc) is 2.35. The van der Waals surface area contributed by atoms with Crippen LogP contribution in [0.3, 0.4) is 0 Å². The zero-order chi connectivity index (χ0) is 13.7. The molecule has 0 amide bonds. The molecule has 2 unspecified atom stereocenters. The maximum atomic E-state index is 13.7. The van der Waals surface area contributed by atoms with E-state index >= 15 is 0 Å². The van der Waals surface area contributed by atoms with Crippen molar-refractivity contribution in [2.45, 2.75) is 32.9 Å². The number of rotatable bonds is 6. The van der Waals surface area contributed by atoms with E-state index in [0.29, 0.717) is 12.0 Å². The quantitative estimate of drug-likeness (QED) is 0.837. The van der Waals surface area contributed by atoms with Gasteiger partial charge in [0.2, 0.25) is 0 Å². The van der Waals surface area contributed by atoms with Crippen molar-refractivity contribution in [3.8, 4) is 0 Å². The van der Waals surface area contributed by atoms with Gasteiger partial charge in [-0.05, 0) is 33.0 Å². The fraction of sp³-hybridized carbons (Fsp3) is 0.600. The molecule has 0 saturated carbocycles. The van der Waals surface area contributed by atoms with E-state index in [2.05, 4.69) is 24.1 Å². The first kappa shape index (κ1) is 15.1. The average molecular weight is 252 g/mol. The van der Waals surface area contributed by atoms with Crippen molar-refractivity contribution < 1.29 is 4.39 Å². The lowest BCUT2D eigenvalue weighted by atomic mass is 10.0. The summed E-state index contributed by atoms with van der Waals surface area (Å²) in [5.74, 6) is 0.438. The summed E-state index contributed by atoms with van der Waals surface area (Å²) in [6.07, 6.45) is 0. The van der Waals surface area contributed by atoms with Crippen molar-refractivity contribution in [3.63, 3.8) is 0 Å². The molecule has 0 fully saturated rings. The summed E-state index contributed by atoms with van der Waals surface area (Å²) in [4.78, 5) is 2.19. The Morgan fingerprint density at radius 3 is 2.33 bits per heavy atom. The second-order valence-corrected chi connectivity index (χ2v) is 5.28. The van der Waals surface area contributed by atoms with E-state index < -0.39 is 0 Å². The largest absolute Gasteiger partial charge is 0.315 e. The highest BCUT2D eigenvalue weighted by Crippen LogP contribution is 2.22. The molecule has 1 N–H and O–H groups in total. The van der Waals surface area contributed by atoms with E-state index in [9.17, 15) is 4.39 Å². The number of nitrogens with zero attached hydrogens (tertiary/aromatic N) is 1. The van der Waals surface area contributed by atoms with Crippen LogP contribution in [0.2, 0.25) is 0 Å². The van der Waals surface area contributed by atoms with E-state index in [1.165, 1.54) is 6.07 Å². The van der Waals surface area contributed by atoms with Crippen LogP contribution in [-0.2, 0) is 0 Å². The molecule has 0 aliphatic carbocycles. The van der Waals surface area contributed by atoms with Crippen LogP contribution in [-0.4, -0.2) is 31.6 Å². The summed E-state index contributed by atoms with van der Waals surface area (Å²) in [5.41, 5.74) is 0.763. The van der Waals surface area contributed by atoms with Crippen molar-refractivity contribution in [1.29, 1.82) is 0 Å². The molecule has 0 radical (unpaired) electrons. The normalized spacial score (nSPS) is 15.1. The minimum absolute atomic E-state index is 0.0841. The maximum absolute atomic E-state index is 13.7. The topological polar surface area (TPSA) is 15.3 Å². The highest BCUT2D eigenvalue weighted by atomic mass is 19.1. The van der Waals surface area contributed by atoms with Gasteiger partial charge in [0.15, 0.2) is 0 Å². The number of hydrogen-bond donors (Lipinski definition) is 1. The summed E-state index contributed by atoms with van der Waals surface area (Å²) in [6, 6.07) is 7.51. The Kier molecular flexibility index (Phi) is 5.76. The van der Waals surface area contributed by atoms with Gasteiger partial charge in [0.05, 0.1) is 0 Å². The molecular formula is C15H25FN2. The fourth-order valence-electron chi connectivity index (χ4n) is 2.16. The van der Waals surface area contributed by atoms with Crippen molar-refractivity contribution in [3.05, 3.63) is 35.6 Å². The van der Waals surface area contributed by atoms with Crippen LogP contribution in [0.25, 0.3) is 0 Å². The van der Waals surface area contributed by atoms with Gasteiger partial charge < -0.3 is 5.32 Å². The molecule has 0 saturated heterocycles. The number of nitrogens with one attached hydrogen (secondary N) is 1. The van der Waals surface area contributed by atoms with Gasteiger partial charge in [-0.15, -0.1) is 0 Å². The summed E-state index contributed by atoms with van der Waals surface area (Å²) in [7, 11) is 4.02. The molecule has 0 aromatic heterocycles. The van der Waals surface area contributed by atoms with E-state index in [1.54, 1.807) is 6.07 Å². The Bertz CT molecular complexity index is 365. The van der Waals surface area contributed by atoms with Gasteiger partial charge in [-0.1, -0.05) is 32.0 Å². The second-order valence-electron chi connectivity index (χ2n) is 5.28. The number of benzene rings is 1. The van der Waals surface area contributed by atoms with Gasteiger partial charge in [0.25, 0.3) is 0 Å². The van der Waals surface area contributed by atoms with Gasteiger partial charge in [-0.25, -0.2) is 4.39 Å². The lowest BCUT2D eigenvalue weighted by Crippen LogP contribution is -2.42. The molecule has 1 aromatic carbocycles. The van der Waals surface area contributed by atoms with Crippen molar-refractivity contribution in [2.24, 2.45) is 5.92 Å². The van der Waals surface area contributed by atoms with Crippen LogP contribution in [0.15, 0.2) is 24.3 Å². The van der Waals surface area contributed by atoms with Crippen LogP contribution in [0.4, 0.5) is 4.39 Å². The third-order valence-corrected chi connectivity index (χ3v) is 3.68. The molecule has 0 bridgehead atoms. The standard InChI is InChI=1S/C15H25FN2/c1-11(2)15(17-4)10-18(5)12(3)13-8-6-7-9-14(13)16/h6-9,11-12,15,17H,10H2,1-5H3. The first-order valence-electron chi connectivity index (χ1n) is 6.59. The molecule has 0 aliphatic heterocycles. The number of likely N-dealkylation sites (N-methyl/N-ethyl adjacent to an activating group) is 2. The van der Waals surface area contributed by atoms with Crippen LogP contribution in [0.1, 0.15) is 32.4 Å². The Labute approximate surface area is 110 Å². The van der Waals surface area contributed by atoms with Crippen molar-refractivity contribution in [2.75, 3.05) is 20.6 Å². The van der Waals surface area contributed by atoms with Crippen molar-refractivity contribution in [1.82, 2.24) is 10.2 Å². The third kappa shape index (κ3) is 3.79. The predicted octanol–water partition coefficient (Wildman–Crippen LogP) is 3.06. The summed E-state index contributed by atoms with van der Waals surface area (Å²) in [5, 5.41) is 3.32. The Balaban J connectivity index is 2.72. The predicted molar refractivity (Wildman–Crippen MR) is 75.1 cm³/mol. The molecule has 0 aliphatic rings. The van der Waals surface area contributed by atoms with E-state index in [4.69, 9.17) is 0 Å². The maximum Gasteiger partial charge on any atom is 0.127 e. The molecule has 1 aromatic rings. The highest BCUT2D eigenvalue weighted by Gasteiger charge is 2.19. The molecule has 1 rings (SSSR count). The smallest absolute Gasteiger partial charge is 0.127 e. The molecular weight excluding hydrogens is 227 g/mol. The second kappa shape index (κ2) is 6.86. The monoisotopic (exact) mass is 252 g/mol. The van der Waals surface area contributed by atoms with E-state index in [-0.39, 0.29) is 11.9 Å². The third-order valence-electron chi connectivity index (χ3n) is 3.68. The highest BCUT2D eigenvalue weighted by molar-refractivity contribution is 5.20. The SMILES string of the molecule is CNC(CN(C)C(C)c1ccccc1F)C(C)C. The molecule has 102 valence electrons. The van der Waals surface area contributed by atoms with Gasteiger partial charge in [0, 0.05) is 24.2 Å². The van der Waals surface area contributed by atoms with E-state index in [1.807, 2.05) is 33.2 Å². The minimum Gasteiger partial charge on any atom is -0.315 e. The van der Waals surface area contributed by atoms with Crippen LogP contribution < -0.4 is 5.32 Å². The lowest BCUT2D eigenvalue weighted by Gasteiger charge is -2.31. The van der Waals surface area contributed by atoms with Gasteiger partial charge in [0.1, 0.15) is 5.82 Å². The molecule has 3 heteroatoms. The molecule has 18 heavy (non-hydrogen) atoms. The molecule has 0 heterocycles. The van der Waals surface area contributed by atoms with Gasteiger partial charge in [-0.3, -0.25) is 4.90 Å². The zero-order valence-corrected chi connectivity index (χ0v) is 12.1. The molecule has 2 nitrogen and oxygen atoms in total. The number of halogens is 1. The summed E-state index contributed by atoms with van der Waals surface area (Å²) in [6.45, 7) is 7.35. The lowest BCUT2D eigenvalue weighted by molar-refractivity contribution is 0.210. The Morgan fingerprint density at radius 2 is 1.83 bits per heavy atom. The molecule has 0 spiro atoms. The van der Waals surface area contributed by atoms with Crippen LogP contribution in [0.5, 0.6) is 0 Å².